The molecule has 2 aromatic rings. The Labute approximate surface area is 120 Å². The highest BCUT2D eigenvalue weighted by atomic mass is 79.9. The van der Waals surface area contributed by atoms with E-state index in [0.717, 1.165) is 11.6 Å². The lowest BCUT2D eigenvalue weighted by Crippen LogP contribution is -2.07. The van der Waals surface area contributed by atoms with Crippen LogP contribution in [0.15, 0.2) is 42.5 Å². The lowest BCUT2D eigenvalue weighted by Gasteiger charge is -2.15. The van der Waals surface area contributed by atoms with Crippen LogP contribution in [0.5, 0.6) is 0 Å². The van der Waals surface area contributed by atoms with Crippen molar-refractivity contribution in [1.29, 1.82) is 0 Å². The minimum atomic E-state index is -0.783. The van der Waals surface area contributed by atoms with Gasteiger partial charge in [0.15, 0.2) is 11.6 Å². The first kappa shape index (κ1) is 14.2. The predicted octanol–water partition coefficient (Wildman–Crippen LogP) is 4.99. The van der Waals surface area contributed by atoms with Crippen LogP contribution in [-0.4, -0.2) is 5.33 Å². The second-order valence-electron chi connectivity index (χ2n) is 4.68. The van der Waals surface area contributed by atoms with Gasteiger partial charge in [0.05, 0.1) is 0 Å². The molecule has 0 aliphatic carbocycles. The zero-order valence-electron chi connectivity index (χ0n) is 10.7. The quantitative estimate of drug-likeness (QED) is 0.695. The van der Waals surface area contributed by atoms with Gasteiger partial charge in [-0.05, 0) is 36.5 Å². The number of benzene rings is 2. The maximum atomic E-state index is 13.7. The van der Waals surface area contributed by atoms with E-state index in [1.165, 1.54) is 5.56 Å². The standard InChI is InChI=1S/C16H15BrF2/c1-11-5-7-12(8-6-11)14(10-17)9-13-3-2-4-15(18)16(13)19/h2-8,14H,9-10H2,1H3. The van der Waals surface area contributed by atoms with Crippen LogP contribution in [0.3, 0.4) is 0 Å². The third-order valence-corrected chi connectivity index (χ3v) is 4.01. The van der Waals surface area contributed by atoms with E-state index in [1.54, 1.807) is 12.1 Å². The van der Waals surface area contributed by atoms with Gasteiger partial charge in [-0.1, -0.05) is 57.9 Å². The van der Waals surface area contributed by atoms with E-state index in [1.807, 2.05) is 31.2 Å². The molecule has 100 valence electrons. The molecule has 2 aromatic carbocycles. The molecule has 0 aromatic heterocycles. The molecule has 0 saturated heterocycles. The Bertz CT molecular complexity index is 549. The minimum absolute atomic E-state index is 0.136. The van der Waals surface area contributed by atoms with Crippen molar-refractivity contribution in [3.8, 4) is 0 Å². The minimum Gasteiger partial charge on any atom is -0.204 e. The van der Waals surface area contributed by atoms with Crippen molar-refractivity contribution >= 4 is 15.9 Å². The molecular formula is C16H15BrF2. The molecule has 0 saturated carbocycles. The van der Waals surface area contributed by atoms with E-state index >= 15 is 0 Å². The van der Waals surface area contributed by atoms with Crippen LogP contribution < -0.4 is 0 Å². The van der Waals surface area contributed by atoms with Crippen molar-refractivity contribution in [2.24, 2.45) is 0 Å². The molecular weight excluding hydrogens is 310 g/mol. The molecule has 0 aliphatic rings. The first-order valence-corrected chi connectivity index (χ1v) is 7.29. The third kappa shape index (κ3) is 3.41. The molecule has 0 aliphatic heterocycles. The summed E-state index contributed by atoms with van der Waals surface area (Å²) in [6.07, 6.45) is 0.484. The van der Waals surface area contributed by atoms with Crippen LogP contribution >= 0.6 is 15.9 Å². The molecule has 1 atom stereocenters. The zero-order valence-corrected chi connectivity index (χ0v) is 12.3. The van der Waals surface area contributed by atoms with Crippen molar-refractivity contribution in [2.45, 2.75) is 19.3 Å². The van der Waals surface area contributed by atoms with Crippen molar-refractivity contribution in [3.63, 3.8) is 0 Å². The van der Waals surface area contributed by atoms with E-state index in [9.17, 15) is 8.78 Å². The van der Waals surface area contributed by atoms with Crippen molar-refractivity contribution in [3.05, 3.63) is 70.8 Å². The van der Waals surface area contributed by atoms with Crippen LogP contribution in [-0.2, 0) is 6.42 Å². The zero-order chi connectivity index (χ0) is 13.8. The van der Waals surface area contributed by atoms with Crippen LogP contribution in [0.4, 0.5) is 8.78 Å². The Morgan fingerprint density at radius 2 is 1.74 bits per heavy atom. The molecule has 2 rings (SSSR count). The molecule has 0 nitrogen and oxygen atoms in total. The van der Waals surface area contributed by atoms with E-state index in [4.69, 9.17) is 0 Å². The van der Waals surface area contributed by atoms with Crippen molar-refractivity contribution in [2.75, 3.05) is 5.33 Å². The number of halogens is 3. The molecule has 0 spiro atoms. The summed E-state index contributed by atoms with van der Waals surface area (Å²) in [5.74, 6) is -1.38. The van der Waals surface area contributed by atoms with Crippen molar-refractivity contribution < 1.29 is 8.78 Å². The summed E-state index contributed by atoms with van der Waals surface area (Å²) in [4.78, 5) is 0. The Morgan fingerprint density at radius 1 is 1.05 bits per heavy atom. The largest absolute Gasteiger partial charge is 0.204 e. The molecule has 19 heavy (non-hydrogen) atoms. The van der Waals surface area contributed by atoms with Crippen LogP contribution in [0.1, 0.15) is 22.6 Å². The fourth-order valence-electron chi connectivity index (χ4n) is 2.07. The van der Waals surface area contributed by atoms with Gasteiger partial charge in [-0.3, -0.25) is 0 Å². The second kappa shape index (κ2) is 6.29. The topological polar surface area (TPSA) is 0 Å². The summed E-state index contributed by atoms with van der Waals surface area (Å²) in [6.45, 7) is 2.03. The monoisotopic (exact) mass is 324 g/mol. The summed E-state index contributed by atoms with van der Waals surface area (Å²) in [5.41, 5.74) is 2.74. The molecule has 0 radical (unpaired) electrons. The normalized spacial score (nSPS) is 12.4. The number of hydrogen-bond donors (Lipinski definition) is 0. The molecule has 3 heteroatoms. The lowest BCUT2D eigenvalue weighted by atomic mass is 9.93. The summed E-state index contributed by atoms with van der Waals surface area (Å²) in [6, 6.07) is 12.5. The first-order chi connectivity index (χ1) is 9.11. The van der Waals surface area contributed by atoms with Gasteiger partial charge < -0.3 is 0 Å². The fraction of sp³-hybridized carbons (Fsp3) is 0.250. The maximum absolute atomic E-state index is 13.7. The highest BCUT2D eigenvalue weighted by molar-refractivity contribution is 9.09. The number of hydrogen-bond acceptors (Lipinski definition) is 0. The highest BCUT2D eigenvalue weighted by Crippen LogP contribution is 2.25. The average molecular weight is 325 g/mol. The van der Waals surface area contributed by atoms with Crippen molar-refractivity contribution in [1.82, 2.24) is 0 Å². The Balaban J connectivity index is 2.24. The summed E-state index contributed by atoms with van der Waals surface area (Å²) in [7, 11) is 0. The third-order valence-electron chi connectivity index (χ3n) is 3.23. The molecule has 0 fully saturated rings. The maximum Gasteiger partial charge on any atom is 0.162 e. The SMILES string of the molecule is Cc1ccc(C(CBr)Cc2cccc(F)c2F)cc1. The van der Waals surface area contributed by atoms with E-state index in [2.05, 4.69) is 15.9 Å². The van der Waals surface area contributed by atoms with Gasteiger partial charge in [-0.2, -0.15) is 0 Å². The van der Waals surface area contributed by atoms with E-state index < -0.39 is 11.6 Å². The van der Waals surface area contributed by atoms with Crippen LogP contribution in [0.25, 0.3) is 0 Å². The van der Waals surface area contributed by atoms with Crippen LogP contribution in [0.2, 0.25) is 0 Å². The highest BCUT2D eigenvalue weighted by Gasteiger charge is 2.15. The Kier molecular flexibility index (Phi) is 4.70. The molecule has 0 amide bonds. The molecule has 0 heterocycles. The van der Waals surface area contributed by atoms with Gasteiger partial charge >= 0.3 is 0 Å². The fourth-order valence-corrected chi connectivity index (χ4v) is 2.67. The van der Waals surface area contributed by atoms with Gasteiger partial charge in [0.2, 0.25) is 0 Å². The number of rotatable bonds is 4. The van der Waals surface area contributed by atoms with Gasteiger partial charge in [-0.15, -0.1) is 0 Å². The molecule has 0 N–H and O–H groups in total. The second-order valence-corrected chi connectivity index (χ2v) is 5.33. The van der Waals surface area contributed by atoms with Gasteiger partial charge in [-0.25, -0.2) is 8.78 Å². The summed E-state index contributed by atoms with van der Waals surface area (Å²) >= 11 is 3.46. The average Bonchev–Trinajstić information content (AvgIpc) is 2.42. The van der Waals surface area contributed by atoms with Gasteiger partial charge in [0.25, 0.3) is 0 Å². The molecule has 0 bridgehead atoms. The van der Waals surface area contributed by atoms with Gasteiger partial charge in [0, 0.05) is 5.33 Å². The predicted molar refractivity (Wildman–Crippen MR) is 77.8 cm³/mol. The van der Waals surface area contributed by atoms with Gasteiger partial charge in [0.1, 0.15) is 0 Å². The lowest BCUT2D eigenvalue weighted by molar-refractivity contribution is 0.495. The van der Waals surface area contributed by atoms with Crippen LogP contribution in [0, 0.1) is 18.6 Å². The summed E-state index contributed by atoms with van der Waals surface area (Å²) in [5, 5.41) is 0.714. The first-order valence-electron chi connectivity index (χ1n) is 6.17. The number of aryl methyl sites for hydroxylation is 1. The number of alkyl halides is 1. The Morgan fingerprint density at radius 3 is 2.37 bits per heavy atom. The smallest absolute Gasteiger partial charge is 0.162 e. The summed E-state index contributed by atoms with van der Waals surface area (Å²) < 4.78 is 26.9. The Hall–Kier alpha value is -1.22. The molecule has 1 unspecified atom stereocenters. The van der Waals surface area contributed by atoms with E-state index in [0.29, 0.717) is 17.3 Å². The van der Waals surface area contributed by atoms with E-state index in [-0.39, 0.29) is 5.92 Å².